The molecular weight excluding hydrogens is 590 g/mol. The average molecular weight is 628 g/mol. The van der Waals surface area contributed by atoms with Gasteiger partial charge in [0.05, 0.1) is 26.9 Å². The molecule has 0 saturated carbocycles. The van der Waals surface area contributed by atoms with Crippen LogP contribution in [0.1, 0.15) is 49.7 Å². The highest BCUT2D eigenvalue weighted by Gasteiger charge is 2.42. The Bertz CT molecular complexity index is 1690. The third-order valence-electron chi connectivity index (χ3n) is 8.03. The zero-order valence-corrected chi connectivity index (χ0v) is 26.5. The van der Waals surface area contributed by atoms with Crippen molar-refractivity contribution in [1.82, 2.24) is 5.32 Å². The highest BCUT2D eigenvalue weighted by atomic mass is 16.6. The molecule has 0 radical (unpaired) electrons. The van der Waals surface area contributed by atoms with E-state index in [4.69, 9.17) is 28.4 Å². The fourth-order valence-corrected chi connectivity index (χ4v) is 5.98. The summed E-state index contributed by atoms with van der Waals surface area (Å²) >= 11 is 0. The first-order valence-electron chi connectivity index (χ1n) is 14.9. The van der Waals surface area contributed by atoms with E-state index in [1.165, 1.54) is 14.0 Å². The molecule has 1 heterocycles. The molecule has 1 aliphatic heterocycles. The molecule has 0 bridgehead atoms. The summed E-state index contributed by atoms with van der Waals surface area (Å²) in [5.41, 5.74) is 3.64. The zero-order valence-electron chi connectivity index (χ0n) is 26.5. The molecule has 10 nitrogen and oxygen atoms in total. The number of nitrogens with one attached hydrogen (secondary N) is 1. The van der Waals surface area contributed by atoms with Gasteiger partial charge >= 0.3 is 11.9 Å². The summed E-state index contributed by atoms with van der Waals surface area (Å²) in [5, 5.41) is 3.36. The molecule has 2 atom stereocenters. The Morgan fingerprint density at radius 2 is 1.46 bits per heavy atom. The van der Waals surface area contributed by atoms with Gasteiger partial charge in [0.2, 0.25) is 0 Å². The summed E-state index contributed by atoms with van der Waals surface area (Å²) in [6.07, 6.45) is 0.752. The number of rotatable bonds is 11. The number of carbonyl (C=O) groups excluding carboxylic acids is 3. The lowest BCUT2D eigenvalue weighted by Crippen LogP contribution is -2.36. The van der Waals surface area contributed by atoms with Gasteiger partial charge in [0.25, 0.3) is 0 Å². The van der Waals surface area contributed by atoms with Crippen molar-refractivity contribution in [3.8, 4) is 28.7 Å². The topological polar surface area (TPSA) is 119 Å². The zero-order chi connectivity index (χ0) is 32.8. The van der Waals surface area contributed by atoms with E-state index in [1.807, 2.05) is 48.5 Å². The summed E-state index contributed by atoms with van der Waals surface area (Å²) in [6, 6.07) is 19.9. The number of ketones is 1. The lowest BCUT2D eigenvalue weighted by Gasteiger charge is -2.37. The van der Waals surface area contributed by atoms with Gasteiger partial charge in [-0.2, -0.15) is 0 Å². The molecule has 1 N–H and O–H groups in total. The smallest absolute Gasteiger partial charge is 0.336 e. The highest BCUT2D eigenvalue weighted by molar-refractivity contribution is 6.04. The SMILES string of the molecule is COc1ccc([C@@H]2CC(=O)C3=C(C2)NC(C)=C(C(=O)OCCOc2ccccc2)[C@@H]3c2ccc(OC(C)=O)c(OC)c2)cc1OC. The third-order valence-corrected chi connectivity index (χ3v) is 8.03. The fraction of sp³-hybridized carbons (Fsp3) is 0.306. The van der Waals surface area contributed by atoms with Gasteiger partial charge in [-0.25, -0.2) is 4.79 Å². The van der Waals surface area contributed by atoms with E-state index in [0.29, 0.717) is 51.8 Å². The van der Waals surface area contributed by atoms with Crippen molar-refractivity contribution in [2.45, 2.75) is 38.5 Å². The van der Waals surface area contributed by atoms with Crippen LogP contribution in [0.5, 0.6) is 28.7 Å². The second-order valence-electron chi connectivity index (χ2n) is 10.9. The Kier molecular flexibility index (Phi) is 9.95. The minimum atomic E-state index is -0.752. The predicted octanol–water partition coefficient (Wildman–Crippen LogP) is 5.62. The Morgan fingerprint density at radius 3 is 2.15 bits per heavy atom. The van der Waals surface area contributed by atoms with Gasteiger partial charge in [-0.3, -0.25) is 9.59 Å². The number of Topliss-reactive ketones (excluding diaryl/α,β-unsaturated/α-hetero) is 1. The molecule has 240 valence electrons. The molecule has 0 spiro atoms. The first-order valence-corrected chi connectivity index (χ1v) is 14.9. The third kappa shape index (κ3) is 6.86. The first kappa shape index (κ1) is 32.2. The van der Waals surface area contributed by atoms with Crippen LogP contribution in [0.15, 0.2) is 89.3 Å². The van der Waals surface area contributed by atoms with Crippen LogP contribution in [0.4, 0.5) is 0 Å². The quantitative estimate of drug-likeness (QED) is 0.163. The van der Waals surface area contributed by atoms with Crippen LogP contribution in [-0.4, -0.2) is 52.3 Å². The summed E-state index contributed by atoms with van der Waals surface area (Å²) in [6.45, 7) is 3.26. The molecule has 0 aromatic heterocycles. The highest BCUT2D eigenvalue weighted by Crippen LogP contribution is 2.47. The van der Waals surface area contributed by atoms with E-state index in [2.05, 4.69) is 5.32 Å². The van der Waals surface area contributed by atoms with E-state index in [-0.39, 0.29) is 37.1 Å². The second-order valence-corrected chi connectivity index (χ2v) is 10.9. The van der Waals surface area contributed by atoms with Crippen molar-refractivity contribution in [1.29, 1.82) is 0 Å². The van der Waals surface area contributed by atoms with Crippen molar-refractivity contribution in [2.24, 2.45) is 0 Å². The van der Waals surface area contributed by atoms with Crippen LogP contribution < -0.4 is 29.0 Å². The summed E-state index contributed by atoms with van der Waals surface area (Å²) in [5.74, 6) is 0.314. The van der Waals surface area contributed by atoms with E-state index in [1.54, 1.807) is 39.3 Å². The molecule has 0 saturated heterocycles. The van der Waals surface area contributed by atoms with Crippen molar-refractivity contribution >= 4 is 17.7 Å². The van der Waals surface area contributed by atoms with Gasteiger partial charge < -0.3 is 33.7 Å². The standard InChI is InChI=1S/C36H37NO9/c1-21-33(36(40)45-16-15-44-26-9-7-6-8-10-26)34(24-12-14-30(46-22(2)38)32(20-24)43-5)35-27(37-21)17-25(18-28(35)39)23-11-13-29(41-3)31(19-23)42-4/h6-14,19-20,25,34,37H,15-18H2,1-5H3/t25-,34-/m0/s1. The molecule has 10 heteroatoms. The minimum absolute atomic E-state index is 0.00711. The van der Waals surface area contributed by atoms with Crippen molar-refractivity contribution < 1.29 is 42.8 Å². The molecule has 0 fully saturated rings. The summed E-state index contributed by atoms with van der Waals surface area (Å²) in [4.78, 5) is 39.5. The molecule has 0 unspecified atom stereocenters. The largest absolute Gasteiger partial charge is 0.493 e. The molecule has 3 aromatic rings. The number of hydrogen-bond donors (Lipinski definition) is 1. The maximum absolute atomic E-state index is 14.1. The Labute approximate surface area is 267 Å². The number of esters is 2. The first-order chi connectivity index (χ1) is 22.2. The number of carbonyl (C=O) groups is 3. The normalized spacial score (nSPS) is 17.5. The molecule has 46 heavy (non-hydrogen) atoms. The number of allylic oxidation sites excluding steroid dienone is 3. The number of hydrogen-bond acceptors (Lipinski definition) is 10. The van der Waals surface area contributed by atoms with Gasteiger partial charge in [0.1, 0.15) is 19.0 Å². The van der Waals surface area contributed by atoms with Gasteiger partial charge in [-0.15, -0.1) is 0 Å². The number of para-hydroxylation sites is 1. The lowest BCUT2D eigenvalue weighted by molar-refractivity contribution is -0.140. The number of ether oxygens (including phenoxy) is 6. The van der Waals surface area contributed by atoms with Crippen LogP contribution in [0.25, 0.3) is 0 Å². The van der Waals surface area contributed by atoms with Gasteiger partial charge in [0, 0.05) is 36.2 Å². The Hall–Kier alpha value is -5.25. The van der Waals surface area contributed by atoms with Gasteiger partial charge in [-0.1, -0.05) is 30.3 Å². The molecule has 1 aliphatic carbocycles. The number of methoxy groups -OCH3 is 3. The van der Waals surface area contributed by atoms with Crippen LogP contribution >= 0.6 is 0 Å². The average Bonchev–Trinajstić information content (AvgIpc) is 3.06. The monoisotopic (exact) mass is 627 g/mol. The maximum atomic E-state index is 14.1. The van der Waals surface area contributed by atoms with Crippen LogP contribution in [0.2, 0.25) is 0 Å². The lowest BCUT2D eigenvalue weighted by atomic mass is 9.71. The minimum Gasteiger partial charge on any atom is -0.493 e. The molecule has 5 rings (SSSR count). The number of dihydropyridines is 1. The maximum Gasteiger partial charge on any atom is 0.336 e. The molecule has 3 aromatic carbocycles. The molecule has 0 amide bonds. The van der Waals surface area contributed by atoms with Crippen LogP contribution in [0.3, 0.4) is 0 Å². The molecule has 2 aliphatic rings. The molecular formula is C36H37NO9. The summed E-state index contributed by atoms with van der Waals surface area (Å²) < 4.78 is 33.1. The predicted molar refractivity (Wildman–Crippen MR) is 169 cm³/mol. The van der Waals surface area contributed by atoms with E-state index >= 15 is 0 Å². The number of benzene rings is 3. The van der Waals surface area contributed by atoms with E-state index in [0.717, 1.165) is 11.3 Å². The van der Waals surface area contributed by atoms with Gasteiger partial charge in [-0.05, 0) is 66.8 Å². The van der Waals surface area contributed by atoms with Crippen molar-refractivity contribution in [3.63, 3.8) is 0 Å². The Morgan fingerprint density at radius 1 is 0.804 bits per heavy atom. The van der Waals surface area contributed by atoms with Crippen LogP contribution in [-0.2, 0) is 19.1 Å². The van der Waals surface area contributed by atoms with Gasteiger partial charge in [0.15, 0.2) is 28.8 Å². The van der Waals surface area contributed by atoms with E-state index in [9.17, 15) is 14.4 Å². The Balaban J connectivity index is 1.49. The summed E-state index contributed by atoms with van der Waals surface area (Å²) in [7, 11) is 4.61. The second kappa shape index (κ2) is 14.2. The van der Waals surface area contributed by atoms with E-state index < -0.39 is 17.9 Å². The van der Waals surface area contributed by atoms with Crippen LogP contribution in [0, 0.1) is 0 Å². The van der Waals surface area contributed by atoms with Crippen molar-refractivity contribution in [3.05, 3.63) is 100 Å². The fourth-order valence-electron chi connectivity index (χ4n) is 5.98. The van der Waals surface area contributed by atoms with Crippen molar-refractivity contribution in [2.75, 3.05) is 34.5 Å².